The van der Waals surface area contributed by atoms with Crippen LogP contribution >= 0.6 is 0 Å². The minimum atomic E-state index is 0.386. The number of hydrogen-bond donors (Lipinski definition) is 1. The Hall–Kier alpha value is -1.76. The van der Waals surface area contributed by atoms with Crippen molar-refractivity contribution in [2.75, 3.05) is 0 Å². The summed E-state index contributed by atoms with van der Waals surface area (Å²) >= 11 is 0. The van der Waals surface area contributed by atoms with Crippen LogP contribution in [0.1, 0.15) is 45.1 Å². The fraction of sp³-hybridized carbons (Fsp3) is 0.368. The highest BCUT2D eigenvalue weighted by atomic mass is 16.3. The molecule has 1 aromatic carbocycles. The van der Waals surface area contributed by atoms with Crippen LogP contribution in [0.2, 0.25) is 0 Å². The van der Waals surface area contributed by atoms with Gasteiger partial charge in [0.05, 0.1) is 0 Å². The molecule has 20 heavy (non-hydrogen) atoms. The van der Waals surface area contributed by atoms with Crippen molar-refractivity contribution < 1.29 is 5.11 Å². The van der Waals surface area contributed by atoms with Gasteiger partial charge in [-0.1, -0.05) is 47.6 Å². The van der Waals surface area contributed by atoms with E-state index in [1.165, 1.54) is 11.1 Å². The maximum atomic E-state index is 9.71. The van der Waals surface area contributed by atoms with Crippen molar-refractivity contribution in [2.45, 2.75) is 46.0 Å². The van der Waals surface area contributed by atoms with Crippen molar-refractivity contribution in [1.82, 2.24) is 0 Å². The van der Waals surface area contributed by atoms with E-state index >= 15 is 0 Å². The van der Waals surface area contributed by atoms with E-state index in [0.29, 0.717) is 5.75 Å². The van der Waals surface area contributed by atoms with Crippen molar-refractivity contribution in [3.63, 3.8) is 0 Å². The molecular formula is C19H26O. The maximum absolute atomic E-state index is 9.71. The fourth-order valence-corrected chi connectivity index (χ4v) is 2.05. The van der Waals surface area contributed by atoms with E-state index in [1.807, 2.05) is 24.3 Å². The third-order valence-corrected chi connectivity index (χ3v) is 3.44. The van der Waals surface area contributed by atoms with Crippen LogP contribution in [-0.4, -0.2) is 5.11 Å². The summed E-state index contributed by atoms with van der Waals surface area (Å²) in [6.45, 7) is 8.09. The Kier molecular flexibility index (Phi) is 7.49. The molecule has 0 aromatic heterocycles. The van der Waals surface area contributed by atoms with Gasteiger partial charge in [0.15, 0.2) is 0 Å². The molecule has 0 fully saturated rings. The zero-order chi connectivity index (χ0) is 14.8. The molecule has 0 bridgehead atoms. The second-order valence-corrected chi connectivity index (χ2v) is 5.30. The highest BCUT2D eigenvalue weighted by Gasteiger charge is 1.97. The summed E-state index contributed by atoms with van der Waals surface area (Å²) in [4.78, 5) is 0. The van der Waals surface area contributed by atoms with Gasteiger partial charge in [-0.25, -0.2) is 0 Å². The first-order valence-corrected chi connectivity index (χ1v) is 7.32. The van der Waals surface area contributed by atoms with Crippen molar-refractivity contribution >= 4 is 0 Å². The second-order valence-electron chi connectivity index (χ2n) is 5.30. The summed E-state index contributed by atoms with van der Waals surface area (Å²) in [6.07, 6.45) is 11.6. The average molecular weight is 270 g/mol. The van der Waals surface area contributed by atoms with Gasteiger partial charge in [-0.15, -0.1) is 6.58 Å². The maximum Gasteiger partial charge on any atom is 0.119 e. The lowest BCUT2D eigenvalue weighted by atomic mass is 10.0. The Labute approximate surface area is 123 Å². The Morgan fingerprint density at radius 1 is 1.05 bits per heavy atom. The highest BCUT2D eigenvalue weighted by molar-refractivity contribution is 5.33. The Morgan fingerprint density at radius 3 is 2.40 bits per heavy atom. The van der Waals surface area contributed by atoms with Gasteiger partial charge in [0, 0.05) is 0 Å². The number of phenolic OH excluding ortho intramolecular Hbond substituents is 1. The number of allylic oxidation sites excluding steroid dienone is 5. The van der Waals surface area contributed by atoms with Crippen molar-refractivity contribution in [1.29, 1.82) is 0 Å². The molecule has 0 saturated carbocycles. The lowest BCUT2D eigenvalue weighted by molar-refractivity contribution is 0.469. The Morgan fingerprint density at radius 2 is 1.70 bits per heavy atom. The number of rotatable bonds is 8. The third-order valence-electron chi connectivity index (χ3n) is 3.44. The minimum Gasteiger partial charge on any atom is -0.508 e. The van der Waals surface area contributed by atoms with E-state index in [9.17, 15) is 5.11 Å². The van der Waals surface area contributed by atoms with Crippen LogP contribution in [0.3, 0.4) is 0 Å². The van der Waals surface area contributed by atoms with Gasteiger partial charge in [0.25, 0.3) is 0 Å². The molecule has 0 radical (unpaired) electrons. The zero-order valence-corrected chi connectivity index (χ0v) is 12.7. The molecule has 0 unspecified atom stereocenters. The monoisotopic (exact) mass is 270 g/mol. The Balaban J connectivity index is 2.39. The molecule has 0 aliphatic carbocycles. The number of benzene rings is 1. The third kappa shape index (κ3) is 6.42. The van der Waals surface area contributed by atoms with E-state index < -0.39 is 0 Å². The quantitative estimate of drug-likeness (QED) is 0.612. The summed E-state index contributed by atoms with van der Waals surface area (Å²) in [5.41, 5.74) is 3.81. The molecular weight excluding hydrogens is 244 g/mol. The number of aromatic hydroxyl groups is 1. The number of phenols is 1. The van der Waals surface area contributed by atoms with Gasteiger partial charge in [-0.05, 0) is 57.6 Å². The summed E-state index contributed by atoms with van der Waals surface area (Å²) in [5.74, 6) is 0.386. The second kappa shape index (κ2) is 9.19. The van der Waals surface area contributed by atoms with Gasteiger partial charge in [0.2, 0.25) is 0 Å². The fourth-order valence-electron chi connectivity index (χ4n) is 2.05. The van der Waals surface area contributed by atoms with E-state index in [-0.39, 0.29) is 0 Å². The number of para-hydroxylation sites is 1. The van der Waals surface area contributed by atoms with Crippen LogP contribution in [0.25, 0.3) is 0 Å². The van der Waals surface area contributed by atoms with Gasteiger partial charge in [-0.2, -0.15) is 0 Å². The van der Waals surface area contributed by atoms with Gasteiger partial charge >= 0.3 is 0 Å². The summed E-state index contributed by atoms with van der Waals surface area (Å²) < 4.78 is 0. The van der Waals surface area contributed by atoms with Gasteiger partial charge < -0.3 is 5.11 Å². The molecule has 1 N–H and O–H groups in total. The van der Waals surface area contributed by atoms with Crippen molar-refractivity contribution in [3.8, 4) is 5.75 Å². The predicted molar refractivity (Wildman–Crippen MR) is 88.0 cm³/mol. The highest BCUT2D eigenvalue weighted by Crippen LogP contribution is 2.18. The molecule has 0 atom stereocenters. The molecule has 0 heterocycles. The smallest absolute Gasteiger partial charge is 0.119 e. The van der Waals surface area contributed by atoms with Crippen LogP contribution in [0, 0.1) is 0 Å². The lowest BCUT2D eigenvalue weighted by Crippen LogP contribution is -1.85. The predicted octanol–water partition coefficient (Wildman–Crippen LogP) is 5.57. The van der Waals surface area contributed by atoms with Crippen LogP contribution in [-0.2, 0) is 6.42 Å². The Bertz CT molecular complexity index is 480. The summed E-state index contributed by atoms with van der Waals surface area (Å²) in [5, 5.41) is 9.71. The van der Waals surface area contributed by atoms with Crippen molar-refractivity contribution in [3.05, 3.63) is 65.8 Å². The summed E-state index contributed by atoms with van der Waals surface area (Å²) in [6, 6.07) is 7.53. The molecule has 1 aromatic rings. The topological polar surface area (TPSA) is 20.2 Å². The largest absolute Gasteiger partial charge is 0.508 e. The lowest BCUT2D eigenvalue weighted by Gasteiger charge is -2.03. The zero-order valence-electron chi connectivity index (χ0n) is 12.7. The standard InChI is InChI=1S/C19H26O/c1-4-5-9-16(2)10-8-11-17(3)14-15-18-12-6-7-13-19(18)20/h4,6-7,10,12-14,20H,1,5,8-9,11,15H2,2-3H3/b16-10-,17-14-. The molecule has 0 aliphatic rings. The van der Waals surface area contributed by atoms with Gasteiger partial charge in [0.1, 0.15) is 5.75 Å². The van der Waals surface area contributed by atoms with Gasteiger partial charge in [-0.3, -0.25) is 0 Å². The minimum absolute atomic E-state index is 0.386. The van der Waals surface area contributed by atoms with Crippen LogP contribution < -0.4 is 0 Å². The molecule has 1 heteroatoms. The van der Waals surface area contributed by atoms with E-state index in [1.54, 1.807) is 6.07 Å². The molecule has 0 amide bonds. The van der Waals surface area contributed by atoms with Crippen LogP contribution in [0.4, 0.5) is 0 Å². The molecule has 0 spiro atoms. The SMILES string of the molecule is C=CCC/C(C)=C\CC/C(C)=C\Cc1ccccc1O. The average Bonchev–Trinajstić information content (AvgIpc) is 2.44. The van der Waals surface area contributed by atoms with E-state index in [0.717, 1.165) is 37.7 Å². The molecule has 108 valence electrons. The molecule has 1 rings (SSSR count). The van der Waals surface area contributed by atoms with E-state index in [4.69, 9.17) is 0 Å². The molecule has 1 nitrogen and oxygen atoms in total. The van der Waals surface area contributed by atoms with Crippen LogP contribution in [0.15, 0.2) is 60.2 Å². The first kappa shape index (κ1) is 16.3. The number of hydrogen-bond acceptors (Lipinski definition) is 1. The first-order chi connectivity index (χ1) is 9.63. The molecule has 0 saturated heterocycles. The molecule has 0 aliphatic heterocycles. The summed E-state index contributed by atoms with van der Waals surface area (Å²) in [7, 11) is 0. The first-order valence-electron chi connectivity index (χ1n) is 7.32. The van der Waals surface area contributed by atoms with Crippen molar-refractivity contribution in [2.24, 2.45) is 0 Å². The normalized spacial score (nSPS) is 12.5. The van der Waals surface area contributed by atoms with Crippen LogP contribution in [0.5, 0.6) is 5.75 Å². The van der Waals surface area contributed by atoms with E-state index in [2.05, 4.69) is 32.6 Å².